The van der Waals surface area contributed by atoms with Crippen LogP contribution in [0, 0.1) is 5.92 Å². The van der Waals surface area contributed by atoms with Crippen molar-refractivity contribution in [2.75, 3.05) is 35.3 Å². The van der Waals surface area contributed by atoms with Crippen molar-refractivity contribution in [3.8, 4) is 17.0 Å². The summed E-state index contributed by atoms with van der Waals surface area (Å²) in [5.74, 6) is 2.76. The molecule has 0 spiro atoms. The number of rotatable bonds is 5. The minimum atomic E-state index is -3.87. The molecular formula is C33H41KN4O7S. The Kier molecular flexibility index (Phi) is 13.4. The van der Waals surface area contributed by atoms with E-state index in [1.165, 1.54) is 91.7 Å². The fourth-order valence-electron chi connectivity index (χ4n) is 6.13. The summed E-state index contributed by atoms with van der Waals surface area (Å²) in [6, 6.07) is 12.1. The number of carbonyl (C=O) groups excluding carboxylic acids is 4. The predicted molar refractivity (Wildman–Crippen MR) is 170 cm³/mol. The quantitative estimate of drug-likeness (QED) is 0.320. The maximum atomic E-state index is 12.9. The molecule has 1 atom stereocenters. The molecule has 46 heavy (non-hydrogen) atoms. The maximum absolute atomic E-state index is 12.9. The third kappa shape index (κ3) is 8.37. The monoisotopic (exact) mass is 676 g/mol. The second kappa shape index (κ2) is 16.2. The zero-order valence-electron chi connectivity index (χ0n) is 27.7. The zero-order chi connectivity index (χ0) is 33.1. The molecule has 2 fully saturated rings. The number of fused-ring (bicyclic) bond motifs is 7. The first kappa shape index (κ1) is 38.1. The molecule has 0 bridgehead atoms. The first-order valence-corrected chi connectivity index (χ1v) is 16.4. The number of methoxy groups -OCH3 is 1. The van der Waals surface area contributed by atoms with Crippen LogP contribution in [0.15, 0.2) is 36.4 Å². The number of nitrogens with one attached hydrogen (secondary N) is 1. The molecule has 1 aliphatic heterocycles. The van der Waals surface area contributed by atoms with Crippen LogP contribution in [0.2, 0.25) is 0 Å². The normalized spacial score (nSPS) is 16.8. The summed E-state index contributed by atoms with van der Waals surface area (Å²) in [6.45, 7) is 2.35. The number of aromatic nitrogens is 1. The van der Waals surface area contributed by atoms with E-state index in [1.54, 1.807) is 27.3 Å². The van der Waals surface area contributed by atoms with Gasteiger partial charge in [0.25, 0.3) is 5.91 Å². The van der Waals surface area contributed by atoms with E-state index >= 15 is 0 Å². The average molecular weight is 677 g/mol. The molecule has 0 radical (unpaired) electrons. The Bertz CT molecular complexity index is 1720. The van der Waals surface area contributed by atoms with E-state index in [9.17, 15) is 18.0 Å². The van der Waals surface area contributed by atoms with Crippen molar-refractivity contribution < 1.29 is 83.7 Å². The van der Waals surface area contributed by atoms with Crippen molar-refractivity contribution >= 4 is 39.1 Å². The fraction of sp³-hybridized carbons (Fsp3) is 0.455. The number of amides is 2. The molecular weight excluding hydrogens is 636 g/mol. The van der Waals surface area contributed by atoms with Gasteiger partial charge in [0.15, 0.2) is 0 Å². The molecule has 13 heteroatoms. The van der Waals surface area contributed by atoms with E-state index in [2.05, 4.69) is 21.4 Å². The topological polar surface area (TPSA) is 135 Å². The SMILES string of the molecule is CC(=O)N(C)C.COc1ccc2c(c1)[C@@H]1C[C-]1Cn1c-2c(C2CCCCC2)c2ccc(C(=O)NS(=O)(=O)N(C)C)cc21.O=C=O.[K+]. The van der Waals surface area contributed by atoms with E-state index in [1.807, 2.05) is 18.2 Å². The van der Waals surface area contributed by atoms with Crippen molar-refractivity contribution in [1.82, 2.24) is 18.5 Å². The first-order valence-electron chi connectivity index (χ1n) is 14.9. The number of carbonyl (C=O) groups is 2. The fourth-order valence-corrected chi connectivity index (χ4v) is 6.66. The van der Waals surface area contributed by atoms with Gasteiger partial charge in [0.05, 0.1) is 12.8 Å². The number of hydrogen-bond donors (Lipinski definition) is 1. The van der Waals surface area contributed by atoms with Crippen LogP contribution in [0.5, 0.6) is 5.75 Å². The molecule has 2 amide bonds. The van der Waals surface area contributed by atoms with Gasteiger partial charge in [-0.2, -0.15) is 34.7 Å². The van der Waals surface area contributed by atoms with Crippen molar-refractivity contribution in [2.24, 2.45) is 0 Å². The predicted octanol–water partition coefficient (Wildman–Crippen LogP) is 1.49. The van der Waals surface area contributed by atoms with Gasteiger partial charge in [-0.15, -0.1) is 0 Å². The number of ether oxygens (including phenoxy) is 1. The Balaban J connectivity index is 0.000000513. The molecule has 0 unspecified atom stereocenters. The molecule has 1 N–H and O–H groups in total. The molecule has 2 saturated carbocycles. The molecule has 6 rings (SSSR count). The van der Waals surface area contributed by atoms with Crippen LogP contribution in [0.4, 0.5) is 0 Å². The van der Waals surface area contributed by atoms with Crippen LogP contribution in [0.25, 0.3) is 22.2 Å². The van der Waals surface area contributed by atoms with Crippen LogP contribution in [-0.2, 0) is 31.1 Å². The molecule has 1 aromatic heterocycles. The van der Waals surface area contributed by atoms with E-state index in [0.29, 0.717) is 17.4 Å². The Morgan fingerprint density at radius 1 is 1.02 bits per heavy atom. The van der Waals surface area contributed by atoms with Gasteiger partial charge < -0.3 is 14.2 Å². The Morgan fingerprint density at radius 3 is 2.22 bits per heavy atom. The van der Waals surface area contributed by atoms with E-state index in [0.717, 1.165) is 28.5 Å². The maximum Gasteiger partial charge on any atom is 1.00 e. The van der Waals surface area contributed by atoms with Crippen molar-refractivity contribution in [3.05, 3.63) is 59.0 Å². The van der Waals surface area contributed by atoms with Gasteiger partial charge in [0.2, 0.25) is 5.91 Å². The van der Waals surface area contributed by atoms with E-state index < -0.39 is 16.1 Å². The summed E-state index contributed by atoms with van der Waals surface area (Å²) in [6.07, 6.45) is 7.40. The van der Waals surface area contributed by atoms with Crippen LogP contribution >= 0.6 is 0 Å². The molecule has 11 nitrogen and oxygen atoms in total. The van der Waals surface area contributed by atoms with Crippen LogP contribution in [0.3, 0.4) is 0 Å². The number of benzene rings is 2. The smallest absolute Gasteiger partial charge is 0.497 e. The summed E-state index contributed by atoms with van der Waals surface area (Å²) in [4.78, 5) is 40.8. The Hall–Kier alpha value is -2.35. The van der Waals surface area contributed by atoms with Gasteiger partial charge >= 0.3 is 67.7 Å². The van der Waals surface area contributed by atoms with Gasteiger partial charge in [0, 0.05) is 51.6 Å². The van der Waals surface area contributed by atoms with Crippen LogP contribution < -0.4 is 60.8 Å². The molecule has 3 aliphatic rings. The van der Waals surface area contributed by atoms with E-state index in [-0.39, 0.29) is 63.4 Å². The molecule has 2 aliphatic carbocycles. The minimum Gasteiger partial charge on any atom is -0.497 e. The summed E-state index contributed by atoms with van der Waals surface area (Å²) in [5.41, 5.74) is 6.57. The second-order valence-corrected chi connectivity index (χ2v) is 13.9. The number of hydrogen-bond acceptors (Lipinski definition) is 7. The van der Waals surface area contributed by atoms with Gasteiger partial charge in [-0.3, -0.25) is 15.5 Å². The molecule has 3 aromatic rings. The third-order valence-electron chi connectivity index (χ3n) is 8.76. The van der Waals surface area contributed by atoms with Gasteiger partial charge in [-0.1, -0.05) is 37.4 Å². The zero-order valence-corrected chi connectivity index (χ0v) is 31.6. The Labute approximate surface area is 313 Å². The van der Waals surface area contributed by atoms with Crippen LogP contribution in [0.1, 0.15) is 78.8 Å². The van der Waals surface area contributed by atoms with Crippen molar-refractivity contribution in [2.45, 2.75) is 63.8 Å². The second-order valence-electron chi connectivity index (χ2n) is 12.0. The minimum absolute atomic E-state index is 0. The van der Waals surface area contributed by atoms with Crippen LogP contribution in [-0.4, -0.2) is 75.5 Å². The van der Waals surface area contributed by atoms with Gasteiger partial charge in [-0.05, 0) is 60.2 Å². The van der Waals surface area contributed by atoms with E-state index in [4.69, 9.17) is 14.3 Å². The average Bonchev–Trinajstić information content (AvgIpc) is 3.73. The van der Waals surface area contributed by atoms with Crippen molar-refractivity contribution in [1.29, 1.82) is 0 Å². The van der Waals surface area contributed by atoms with Gasteiger partial charge in [-0.25, -0.2) is 4.72 Å². The summed E-state index contributed by atoms with van der Waals surface area (Å²) >= 11 is 0. The third-order valence-corrected chi connectivity index (χ3v) is 10.2. The molecule has 0 saturated heterocycles. The standard InChI is InChI=1S/C28H32N3O4S.C4H9NO.CO2.K/c1-30(2)36(33,34)29-28(32)18-9-11-22-25(14-18)31-16-19-13-23(19)24-15-20(35-3)10-12-21(24)27(31)26(22)17-7-5-4-6-8-17;1-4(6)5(2)3;2-1-3;/h9-12,14-15,17,23H,4-8,13,16H2,1-3H3,(H,29,32);1-3H3;;/q-1;;;+1/t23-;;;/m1.../s1. The summed E-state index contributed by atoms with van der Waals surface area (Å²) in [5, 5.41) is 1.17. The first-order chi connectivity index (χ1) is 21.3. The summed E-state index contributed by atoms with van der Waals surface area (Å²) in [7, 11) is 4.09. The molecule has 2 aromatic carbocycles. The summed E-state index contributed by atoms with van der Waals surface area (Å²) < 4.78 is 35.7. The molecule has 2 heterocycles. The number of nitrogens with zero attached hydrogens (tertiary/aromatic N) is 3. The molecule has 242 valence electrons. The van der Waals surface area contributed by atoms with Gasteiger partial charge in [0.1, 0.15) is 5.75 Å². The largest absolute Gasteiger partial charge is 1.00 e. The Morgan fingerprint density at radius 2 is 1.65 bits per heavy atom. The van der Waals surface area contributed by atoms with Crippen molar-refractivity contribution in [3.63, 3.8) is 0 Å².